The van der Waals surface area contributed by atoms with Crippen LogP contribution in [0.25, 0.3) is 0 Å². The maximum Gasteiger partial charge on any atom is -0.0264 e. The molecule has 0 aromatic heterocycles. The van der Waals surface area contributed by atoms with Crippen LogP contribution in [-0.4, -0.2) is 0 Å². The summed E-state index contributed by atoms with van der Waals surface area (Å²) in [7, 11) is 0. The van der Waals surface area contributed by atoms with Crippen molar-refractivity contribution in [1.82, 2.24) is 0 Å². The van der Waals surface area contributed by atoms with Crippen molar-refractivity contribution in [3.63, 3.8) is 0 Å². The standard InChI is InChI=1S/C42H79/c1-8-11-14-24-37(30-34-22-17-18-23-34)40(10-3)38(31-35-20-15-13-16-21-35)33-42(7,29-19-12-9-2)39-27-25-36(26-28-39)32-41(4,5)6/h33-40H,8-32H2,1-7H3. The third-order valence-electron chi connectivity index (χ3n) is 12.8. The maximum atomic E-state index is 3.14. The Labute approximate surface area is 267 Å². The molecule has 3 saturated carbocycles. The molecular formula is C42H79. The quantitative estimate of drug-likeness (QED) is 0.133. The van der Waals surface area contributed by atoms with E-state index in [1.807, 2.05) is 0 Å². The molecule has 247 valence electrons. The number of rotatable bonds is 19. The van der Waals surface area contributed by atoms with E-state index in [0.717, 1.165) is 41.4 Å². The van der Waals surface area contributed by atoms with Crippen LogP contribution in [0, 0.1) is 58.7 Å². The molecule has 0 N–H and O–H groups in total. The Balaban J connectivity index is 1.83. The second-order valence-corrected chi connectivity index (χ2v) is 17.7. The maximum absolute atomic E-state index is 3.14. The van der Waals surface area contributed by atoms with Gasteiger partial charge in [0.25, 0.3) is 0 Å². The van der Waals surface area contributed by atoms with E-state index in [9.17, 15) is 0 Å². The van der Waals surface area contributed by atoms with Crippen molar-refractivity contribution >= 4 is 0 Å². The topological polar surface area (TPSA) is 0 Å². The van der Waals surface area contributed by atoms with Gasteiger partial charge in [0.15, 0.2) is 0 Å². The van der Waals surface area contributed by atoms with Gasteiger partial charge in [-0.25, -0.2) is 0 Å². The summed E-state index contributed by atoms with van der Waals surface area (Å²) in [5.41, 5.74) is 0.926. The van der Waals surface area contributed by atoms with Crippen molar-refractivity contribution in [3.05, 3.63) is 6.42 Å². The van der Waals surface area contributed by atoms with Gasteiger partial charge >= 0.3 is 0 Å². The smallest absolute Gasteiger partial charge is 0.0264 e. The average Bonchev–Trinajstić information content (AvgIpc) is 3.47. The molecule has 0 heteroatoms. The van der Waals surface area contributed by atoms with Crippen molar-refractivity contribution in [2.45, 2.75) is 209 Å². The lowest BCUT2D eigenvalue weighted by Crippen LogP contribution is -2.38. The predicted molar refractivity (Wildman–Crippen MR) is 189 cm³/mol. The first kappa shape index (κ1) is 36.5. The van der Waals surface area contributed by atoms with Crippen LogP contribution in [0.1, 0.15) is 209 Å². The number of hydrogen-bond donors (Lipinski definition) is 0. The van der Waals surface area contributed by atoms with Gasteiger partial charge in [0.2, 0.25) is 0 Å². The summed E-state index contributed by atoms with van der Waals surface area (Å²) < 4.78 is 0. The molecule has 0 bridgehead atoms. The van der Waals surface area contributed by atoms with E-state index in [1.54, 1.807) is 6.42 Å². The highest BCUT2D eigenvalue weighted by Crippen LogP contribution is 2.52. The summed E-state index contributed by atoms with van der Waals surface area (Å²) in [6.45, 7) is 17.6. The normalized spacial score (nSPS) is 26.6. The largest absolute Gasteiger partial charge is 0.0654 e. The minimum absolute atomic E-state index is 0.440. The first-order valence-electron chi connectivity index (χ1n) is 20.0. The van der Waals surface area contributed by atoms with Crippen molar-refractivity contribution < 1.29 is 0 Å². The van der Waals surface area contributed by atoms with Crippen LogP contribution in [0.4, 0.5) is 0 Å². The fraction of sp³-hybridized carbons (Fsp3) is 0.976. The molecular weight excluding hydrogens is 504 g/mol. The lowest BCUT2D eigenvalue weighted by molar-refractivity contribution is 0.0797. The number of hydrogen-bond acceptors (Lipinski definition) is 0. The Kier molecular flexibility index (Phi) is 16.4. The van der Waals surface area contributed by atoms with E-state index in [2.05, 4.69) is 54.9 Å². The van der Waals surface area contributed by atoms with E-state index >= 15 is 0 Å². The van der Waals surface area contributed by atoms with Gasteiger partial charge in [-0.05, 0) is 97.2 Å². The molecule has 3 aliphatic rings. The highest BCUT2D eigenvalue weighted by Gasteiger charge is 2.42. The van der Waals surface area contributed by atoms with E-state index in [1.165, 1.54) is 154 Å². The molecule has 3 aliphatic carbocycles. The molecule has 4 unspecified atom stereocenters. The summed E-state index contributed by atoms with van der Waals surface area (Å²) in [4.78, 5) is 0. The van der Waals surface area contributed by atoms with Crippen molar-refractivity contribution in [2.24, 2.45) is 52.3 Å². The van der Waals surface area contributed by atoms with Crippen LogP contribution in [0.5, 0.6) is 0 Å². The Morgan fingerprint density at radius 1 is 0.619 bits per heavy atom. The fourth-order valence-electron chi connectivity index (χ4n) is 10.6. The molecule has 3 fully saturated rings. The Morgan fingerprint density at radius 3 is 1.76 bits per heavy atom. The van der Waals surface area contributed by atoms with Gasteiger partial charge in [-0.2, -0.15) is 0 Å². The van der Waals surface area contributed by atoms with Gasteiger partial charge < -0.3 is 0 Å². The summed E-state index contributed by atoms with van der Waals surface area (Å²) in [6.07, 6.45) is 40.2. The van der Waals surface area contributed by atoms with E-state index < -0.39 is 0 Å². The average molecular weight is 584 g/mol. The van der Waals surface area contributed by atoms with Crippen LogP contribution >= 0.6 is 0 Å². The van der Waals surface area contributed by atoms with Crippen LogP contribution in [0.15, 0.2) is 0 Å². The molecule has 0 nitrogen and oxygen atoms in total. The van der Waals surface area contributed by atoms with Gasteiger partial charge in [0.1, 0.15) is 0 Å². The van der Waals surface area contributed by atoms with Crippen LogP contribution in [0.2, 0.25) is 0 Å². The third kappa shape index (κ3) is 12.4. The minimum atomic E-state index is 0.440. The van der Waals surface area contributed by atoms with Gasteiger partial charge in [0.05, 0.1) is 0 Å². The molecule has 0 heterocycles. The summed E-state index contributed by atoms with van der Waals surface area (Å²) in [5.74, 6) is 6.67. The van der Waals surface area contributed by atoms with E-state index in [0.29, 0.717) is 10.8 Å². The van der Waals surface area contributed by atoms with Crippen molar-refractivity contribution in [1.29, 1.82) is 0 Å². The van der Waals surface area contributed by atoms with Crippen molar-refractivity contribution in [2.75, 3.05) is 0 Å². The predicted octanol–water partition coefficient (Wildman–Crippen LogP) is 14.4. The zero-order chi connectivity index (χ0) is 30.4. The molecule has 42 heavy (non-hydrogen) atoms. The minimum Gasteiger partial charge on any atom is -0.0654 e. The SMILES string of the molecule is CCCCCC(CC1CCCC1)C(CC)C([CH]C(C)(CCCCC)C1CCC(CC(C)(C)C)CC1)CC1CCCCC1. The number of unbranched alkanes of at least 4 members (excludes halogenated alkanes) is 4. The Morgan fingerprint density at radius 2 is 1.19 bits per heavy atom. The highest BCUT2D eigenvalue weighted by molar-refractivity contribution is 5.02. The zero-order valence-electron chi connectivity index (χ0n) is 30.3. The molecule has 4 atom stereocenters. The molecule has 0 spiro atoms. The molecule has 0 aromatic rings. The summed E-state index contributed by atoms with van der Waals surface area (Å²) in [6, 6.07) is 0. The monoisotopic (exact) mass is 584 g/mol. The second-order valence-electron chi connectivity index (χ2n) is 17.7. The first-order chi connectivity index (χ1) is 20.2. The van der Waals surface area contributed by atoms with Gasteiger partial charge in [-0.3, -0.25) is 0 Å². The fourth-order valence-corrected chi connectivity index (χ4v) is 10.6. The van der Waals surface area contributed by atoms with Gasteiger partial charge in [-0.1, -0.05) is 170 Å². The lowest BCUT2D eigenvalue weighted by atomic mass is 9.58. The van der Waals surface area contributed by atoms with Gasteiger partial charge in [0, 0.05) is 0 Å². The van der Waals surface area contributed by atoms with Crippen molar-refractivity contribution in [3.8, 4) is 0 Å². The third-order valence-corrected chi connectivity index (χ3v) is 12.8. The van der Waals surface area contributed by atoms with E-state index in [-0.39, 0.29) is 0 Å². The summed E-state index contributed by atoms with van der Waals surface area (Å²) >= 11 is 0. The van der Waals surface area contributed by atoms with Crippen LogP contribution in [-0.2, 0) is 0 Å². The van der Waals surface area contributed by atoms with Gasteiger partial charge in [-0.15, -0.1) is 0 Å². The Hall–Kier alpha value is 0. The van der Waals surface area contributed by atoms with Crippen LogP contribution < -0.4 is 0 Å². The summed E-state index contributed by atoms with van der Waals surface area (Å²) in [5, 5.41) is 0. The molecule has 0 aliphatic heterocycles. The van der Waals surface area contributed by atoms with E-state index in [4.69, 9.17) is 0 Å². The zero-order valence-corrected chi connectivity index (χ0v) is 30.3. The van der Waals surface area contributed by atoms with Crippen LogP contribution in [0.3, 0.4) is 0 Å². The Bertz CT molecular complexity index is 665. The first-order valence-corrected chi connectivity index (χ1v) is 20.0. The molecule has 0 amide bonds. The molecule has 3 rings (SSSR count). The highest BCUT2D eigenvalue weighted by atomic mass is 14.5. The second kappa shape index (κ2) is 18.8. The lowest BCUT2D eigenvalue weighted by Gasteiger charge is -2.47. The molecule has 0 saturated heterocycles. The molecule has 1 radical (unpaired) electrons. The molecule has 0 aromatic carbocycles.